The van der Waals surface area contributed by atoms with E-state index in [0.29, 0.717) is 18.5 Å². The van der Waals surface area contributed by atoms with E-state index in [9.17, 15) is 4.79 Å². The summed E-state index contributed by atoms with van der Waals surface area (Å²) >= 11 is 0. The van der Waals surface area contributed by atoms with Gasteiger partial charge in [-0.05, 0) is 29.7 Å². The minimum absolute atomic E-state index is 0.270. The van der Waals surface area contributed by atoms with Crippen LogP contribution in [0.1, 0.15) is 11.1 Å². The Morgan fingerprint density at radius 2 is 2.16 bits per heavy atom. The van der Waals surface area contributed by atoms with Crippen LogP contribution in [0.4, 0.5) is 5.69 Å². The van der Waals surface area contributed by atoms with Gasteiger partial charge in [-0.1, -0.05) is 48.6 Å². The molecule has 5 N–H and O–H groups in total. The molecule has 0 saturated carbocycles. The lowest BCUT2D eigenvalue weighted by molar-refractivity contribution is -0.117. The Morgan fingerprint density at radius 1 is 1.32 bits per heavy atom. The number of rotatable bonds is 7. The number of hydrazine groups is 1. The van der Waals surface area contributed by atoms with Crippen molar-refractivity contribution in [3.8, 4) is 0 Å². The van der Waals surface area contributed by atoms with Crippen molar-refractivity contribution in [1.29, 1.82) is 0 Å². The highest BCUT2D eigenvalue weighted by atomic mass is 16.1. The molecule has 1 heterocycles. The molecule has 1 aliphatic carbocycles. The van der Waals surface area contributed by atoms with Crippen LogP contribution in [0.5, 0.6) is 0 Å². The average molecular weight is 336 g/mol. The first kappa shape index (κ1) is 17.0. The second-order valence-electron chi connectivity index (χ2n) is 6.33. The molecule has 0 spiro atoms. The van der Waals surface area contributed by atoms with Crippen LogP contribution in [0.2, 0.25) is 0 Å². The number of amides is 1. The lowest BCUT2D eigenvalue weighted by Crippen LogP contribution is -2.25. The predicted molar refractivity (Wildman–Crippen MR) is 102 cm³/mol. The summed E-state index contributed by atoms with van der Waals surface area (Å²) in [4.78, 5) is 11.0. The lowest BCUT2D eigenvalue weighted by Gasteiger charge is -2.17. The van der Waals surface area contributed by atoms with E-state index in [1.165, 1.54) is 5.57 Å². The normalized spacial score (nSPS) is 21.1. The number of anilines is 1. The van der Waals surface area contributed by atoms with E-state index in [-0.39, 0.29) is 12.3 Å². The van der Waals surface area contributed by atoms with Crippen LogP contribution in [0.25, 0.3) is 0 Å². The molecule has 5 nitrogen and oxygen atoms in total. The zero-order valence-corrected chi connectivity index (χ0v) is 14.3. The highest BCUT2D eigenvalue weighted by Crippen LogP contribution is 2.26. The fraction of sp³-hybridized carbons (Fsp3) is 0.250. The molecule has 0 saturated heterocycles. The number of nitrogens with one attached hydrogen (secondary N) is 3. The number of benzene rings is 1. The van der Waals surface area contributed by atoms with Gasteiger partial charge in [0, 0.05) is 18.7 Å². The number of carbonyl (C=O) groups excluding carboxylic acids is 1. The number of hydrogen-bond acceptors (Lipinski definition) is 4. The molecular weight excluding hydrogens is 312 g/mol. The van der Waals surface area contributed by atoms with E-state index in [1.807, 2.05) is 25.1 Å². The van der Waals surface area contributed by atoms with Crippen molar-refractivity contribution in [2.24, 2.45) is 11.7 Å². The third-order valence-electron chi connectivity index (χ3n) is 4.38. The van der Waals surface area contributed by atoms with Crippen molar-refractivity contribution in [3.05, 3.63) is 77.6 Å². The summed E-state index contributed by atoms with van der Waals surface area (Å²) in [6.07, 6.45) is 15.2. The number of allylic oxidation sites excluding steroid dienone is 3. The van der Waals surface area contributed by atoms with E-state index in [4.69, 9.17) is 5.73 Å². The molecule has 0 radical (unpaired) electrons. The Bertz CT molecular complexity index is 761. The predicted octanol–water partition coefficient (Wildman–Crippen LogP) is 2.09. The number of hydrogen-bond donors (Lipinski definition) is 4. The summed E-state index contributed by atoms with van der Waals surface area (Å²) in [6.45, 7) is 2.71. The third-order valence-corrected chi connectivity index (χ3v) is 4.38. The standard InChI is InChI=1S/C20H24N4O/c1-14-11-15(12-20(21)25)8-9-18(14)24-23-10-4-5-16-13-22-19-7-3-2-6-17(16)19/h2-9,11,13,17,19,22-24H,10,12H2,1H3,(H2,21,25)/b5-4-. The first-order chi connectivity index (χ1) is 12.1. The van der Waals surface area contributed by atoms with E-state index < -0.39 is 0 Å². The maximum atomic E-state index is 11.0. The van der Waals surface area contributed by atoms with Crippen molar-refractivity contribution in [3.63, 3.8) is 0 Å². The van der Waals surface area contributed by atoms with Gasteiger partial charge in [-0.2, -0.15) is 0 Å². The van der Waals surface area contributed by atoms with E-state index >= 15 is 0 Å². The monoisotopic (exact) mass is 336 g/mol. The van der Waals surface area contributed by atoms with Crippen LogP contribution >= 0.6 is 0 Å². The average Bonchev–Trinajstić information content (AvgIpc) is 2.99. The van der Waals surface area contributed by atoms with E-state index in [2.05, 4.69) is 58.8 Å². The fourth-order valence-corrected chi connectivity index (χ4v) is 3.11. The molecule has 0 fully saturated rings. The number of primary amides is 1. The molecule has 0 aromatic heterocycles. The Balaban J connectivity index is 1.46. The molecule has 2 unspecified atom stereocenters. The molecule has 0 bridgehead atoms. The molecule has 2 aliphatic rings. The van der Waals surface area contributed by atoms with Gasteiger partial charge in [0.1, 0.15) is 0 Å². The Kier molecular flexibility index (Phi) is 5.36. The summed E-state index contributed by atoms with van der Waals surface area (Å²) < 4.78 is 0. The molecule has 1 amide bonds. The number of aryl methyl sites for hydroxylation is 1. The number of fused-ring (bicyclic) bond motifs is 1. The minimum Gasteiger partial charge on any atom is -0.384 e. The summed E-state index contributed by atoms with van der Waals surface area (Å²) in [5.41, 5.74) is 15.9. The minimum atomic E-state index is -0.315. The summed E-state index contributed by atoms with van der Waals surface area (Å²) in [5, 5.41) is 3.38. The van der Waals surface area contributed by atoms with Crippen LogP contribution in [0.3, 0.4) is 0 Å². The van der Waals surface area contributed by atoms with Gasteiger partial charge in [-0.15, -0.1) is 0 Å². The molecule has 5 heteroatoms. The first-order valence-corrected chi connectivity index (χ1v) is 8.48. The molecule has 130 valence electrons. The molecule has 2 atom stereocenters. The van der Waals surface area contributed by atoms with Crippen LogP contribution in [0, 0.1) is 12.8 Å². The largest absolute Gasteiger partial charge is 0.384 e. The van der Waals surface area contributed by atoms with Crippen LogP contribution in [-0.4, -0.2) is 18.5 Å². The highest BCUT2D eigenvalue weighted by Gasteiger charge is 2.24. The fourth-order valence-electron chi connectivity index (χ4n) is 3.11. The molecule has 1 aromatic carbocycles. The maximum absolute atomic E-state index is 11.0. The van der Waals surface area contributed by atoms with Crippen LogP contribution in [-0.2, 0) is 11.2 Å². The maximum Gasteiger partial charge on any atom is 0.221 e. The Labute approximate surface area is 148 Å². The lowest BCUT2D eigenvalue weighted by atomic mass is 9.91. The molecule has 1 aliphatic heterocycles. The van der Waals surface area contributed by atoms with Crippen LogP contribution < -0.4 is 21.9 Å². The summed E-state index contributed by atoms with van der Waals surface area (Å²) in [7, 11) is 0. The zero-order chi connectivity index (χ0) is 17.6. The highest BCUT2D eigenvalue weighted by molar-refractivity contribution is 5.76. The van der Waals surface area contributed by atoms with Gasteiger partial charge in [0.2, 0.25) is 5.91 Å². The van der Waals surface area contributed by atoms with Gasteiger partial charge < -0.3 is 16.5 Å². The summed E-state index contributed by atoms with van der Waals surface area (Å²) in [5.74, 6) is 0.110. The Hall–Kier alpha value is -2.79. The quantitative estimate of drug-likeness (QED) is 0.454. The zero-order valence-electron chi connectivity index (χ0n) is 14.3. The van der Waals surface area contributed by atoms with Crippen molar-refractivity contribution in [1.82, 2.24) is 10.7 Å². The van der Waals surface area contributed by atoms with Gasteiger partial charge in [0.15, 0.2) is 0 Å². The third kappa shape index (κ3) is 4.39. The molecular formula is C20H24N4O. The second-order valence-corrected chi connectivity index (χ2v) is 6.33. The van der Waals surface area contributed by atoms with Gasteiger partial charge in [-0.25, -0.2) is 5.43 Å². The molecule has 25 heavy (non-hydrogen) atoms. The smallest absolute Gasteiger partial charge is 0.221 e. The van der Waals surface area contributed by atoms with Crippen molar-refractivity contribution in [2.75, 3.05) is 12.0 Å². The van der Waals surface area contributed by atoms with Gasteiger partial charge in [-0.3, -0.25) is 4.79 Å². The van der Waals surface area contributed by atoms with Crippen molar-refractivity contribution >= 4 is 11.6 Å². The van der Waals surface area contributed by atoms with Gasteiger partial charge in [0.05, 0.1) is 18.2 Å². The van der Waals surface area contributed by atoms with Gasteiger partial charge in [0.25, 0.3) is 0 Å². The molecule has 1 aromatic rings. The van der Waals surface area contributed by atoms with Crippen molar-refractivity contribution < 1.29 is 4.79 Å². The summed E-state index contributed by atoms with van der Waals surface area (Å²) in [6, 6.07) is 6.23. The second kappa shape index (κ2) is 7.85. The van der Waals surface area contributed by atoms with E-state index in [1.54, 1.807) is 0 Å². The van der Waals surface area contributed by atoms with Crippen molar-refractivity contribution in [2.45, 2.75) is 19.4 Å². The number of carbonyl (C=O) groups is 1. The number of nitrogens with two attached hydrogens (primary N) is 1. The molecule has 3 rings (SSSR count). The van der Waals surface area contributed by atoms with E-state index in [0.717, 1.165) is 16.8 Å². The topological polar surface area (TPSA) is 79.2 Å². The van der Waals surface area contributed by atoms with Gasteiger partial charge >= 0.3 is 0 Å². The van der Waals surface area contributed by atoms with Crippen LogP contribution in [0.15, 0.2) is 66.4 Å². The Morgan fingerprint density at radius 3 is 2.96 bits per heavy atom. The first-order valence-electron chi connectivity index (χ1n) is 8.48. The SMILES string of the molecule is Cc1cc(CC(N)=O)ccc1NNC/C=C\C1=CNC2C=CC=CC12.